The molecule has 2 heterocycles. The van der Waals surface area contributed by atoms with Crippen molar-refractivity contribution in [1.29, 1.82) is 0 Å². The van der Waals surface area contributed by atoms with Gasteiger partial charge in [0.05, 0.1) is 18.2 Å². The number of nitrogens with two attached hydrogens (primary N) is 1. The maximum absolute atomic E-state index is 11.7. The van der Waals surface area contributed by atoms with Gasteiger partial charge in [-0.2, -0.15) is 0 Å². The predicted octanol–water partition coefficient (Wildman–Crippen LogP) is 2.74. The van der Waals surface area contributed by atoms with Crippen LogP contribution >= 0.6 is 0 Å². The maximum Gasteiger partial charge on any atom is 0.314 e. The Bertz CT molecular complexity index is 814. The van der Waals surface area contributed by atoms with Gasteiger partial charge >= 0.3 is 5.97 Å². The van der Waals surface area contributed by atoms with Crippen molar-refractivity contribution in [2.45, 2.75) is 27.7 Å². The predicted molar refractivity (Wildman–Crippen MR) is 99.1 cm³/mol. The van der Waals surface area contributed by atoms with Gasteiger partial charge in [0.15, 0.2) is 5.82 Å². The minimum absolute atomic E-state index is 0.173. The van der Waals surface area contributed by atoms with Crippen LogP contribution in [-0.2, 0) is 9.53 Å². The smallest absolute Gasteiger partial charge is 0.314 e. The van der Waals surface area contributed by atoms with Gasteiger partial charge in [-0.05, 0) is 33.3 Å². The number of ether oxygens (including phenoxy) is 2. The maximum atomic E-state index is 11.7. The zero-order chi connectivity index (χ0) is 19.3. The van der Waals surface area contributed by atoms with Crippen molar-refractivity contribution in [1.82, 2.24) is 15.0 Å². The first-order valence-corrected chi connectivity index (χ1v) is 8.21. The number of carbonyl (C=O) groups excluding carboxylic acids is 1. The second-order valence-electron chi connectivity index (χ2n) is 6.54. The molecule has 7 heteroatoms. The van der Waals surface area contributed by atoms with Crippen LogP contribution in [0.25, 0.3) is 16.8 Å². The molecule has 2 aromatic rings. The normalized spacial score (nSPS) is 12.0. The van der Waals surface area contributed by atoms with Gasteiger partial charge in [-0.25, -0.2) is 15.0 Å². The van der Waals surface area contributed by atoms with Gasteiger partial charge in [0.1, 0.15) is 6.61 Å². The van der Waals surface area contributed by atoms with Crippen LogP contribution in [0.1, 0.15) is 32.2 Å². The number of nitrogens with zero attached hydrogens (tertiary/aromatic N) is 3. The number of methoxy groups -OCH3 is 1. The van der Waals surface area contributed by atoms with Gasteiger partial charge in [-0.15, -0.1) is 0 Å². The Morgan fingerprint density at radius 3 is 2.42 bits per heavy atom. The third kappa shape index (κ3) is 4.36. The number of esters is 1. The highest BCUT2D eigenvalue weighted by atomic mass is 16.5. The first kappa shape index (κ1) is 19.4. The molecule has 0 spiro atoms. The summed E-state index contributed by atoms with van der Waals surface area (Å²) in [6.07, 6.45) is 6.88. The van der Waals surface area contributed by atoms with Gasteiger partial charge in [-0.1, -0.05) is 6.08 Å². The summed E-state index contributed by atoms with van der Waals surface area (Å²) >= 11 is 0. The third-order valence-electron chi connectivity index (χ3n) is 3.94. The number of hydrogen-bond donors (Lipinski definition) is 1. The fraction of sp³-hybridized carbons (Fsp3) is 0.368. The molecule has 2 N–H and O–H groups in total. The highest BCUT2D eigenvalue weighted by Gasteiger charge is 2.30. The van der Waals surface area contributed by atoms with Crippen molar-refractivity contribution in [2.75, 3.05) is 13.7 Å². The van der Waals surface area contributed by atoms with E-state index in [1.54, 1.807) is 38.5 Å². The van der Waals surface area contributed by atoms with E-state index >= 15 is 0 Å². The summed E-state index contributed by atoms with van der Waals surface area (Å²) in [7, 11) is 1.36. The standard InChI is InChI=1S/C19H24N4O3/c1-6-15(20)17-22-8-13(9-23-17)14-10-21-16(7-12(14)2)26-11-19(3,4)18(24)25-5/h6-10H,11,20H2,1-5H3/b15-6-. The summed E-state index contributed by atoms with van der Waals surface area (Å²) in [5, 5.41) is 0. The molecule has 0 aliphatic heterocycles. The van der Waals surface area contributed by atoms with Gasteiger partial charge in [0.2, 0.25) is 5.88 Å². The van der Waals surface area contributed by atoms with Crippen molar-refractivity contribution >= 4 is 11.7 Å². The molecule has 26 heavy (non-hydrogen) atoms. The molecule has 7 nitrogen and oxygen atoms in total. The van der Waals surface area contributed by atoms with Crippen molar-refractivity contribution in [3.8, 4) is 17.0 Å². The van der Waals surface area contributed by atoms with E-state index in [-0.39, 0.29) is 12.6 Å². The fourth-order valence-electron chi connectivity index (χ4n) is 2.25. The molecule has 0 saturated carbocycles. The molecule has 0 unspecified atom stereocenters. The van der Waals surface area contributed by atoms with E-state index in [1.807, 2.05) is 19.9 Å². The second kappa shape index (κ2) is 7.95. The number of aryl methyl sites for hydroxylation is 1. The Morgan fingerprint density at radius 1 is 1.23 bits per heavy atom. The van der Waals surface area contributed by atoms with Crippen LogP contribution in [0.15, 0.2) is 30.7 Å². The Morgan fingerprint density at radius 2 is 1.88 bits per heavy atom. The van der Waals surface area contributed by atoms with E-state index in [9.17, 15) is 4.79 Å². The molecular formula is C19H24N4O3. The number of carbonyl (C=O) groups is 1. The zero-order valence-corrected chi connectivity index (χ0v) is 15.7. The molecule has 0 amide bonds. The van der Waals surface area contributed by atoms with Gasteiger partial charge in [0, 0.05) is 35.8 Å². The Labute approximate surface area is 153 Å². The van der Waals surface area contributed by atoms with E-state index in [0.29, 0.717) is 17.4 Å². The lowest BCUT2D eigenvalue weighted by Gasteiger charge is -2.21. The first-order valence-electron chi connectivity index (χ1n) is 8.21. The quantitative estimate of drug-likeness (QED) is 0.794. The van der Waals surface area contributed by atoms with E-state index in [2.05, 4.69) is 15.0 Å². The number of hydrogen-bond acceptors (Lipinski definition) is 7. The largest absolute Gasteiger partial charge is 0.476 e. The van der Waals surface area contributed by atoms with Gasteiger partial charge in [-0.3, -0.25) is 4.79 Å². The summed E-state index contributed by atoms with van der Waals surface area (Å²) in [6, 6.07) is 1.82. The van der Waals surface area contributed by atoms with E-state index in [1.165, 1.54) is 7.11 Å². The van der Waals surface area contributed by atoms with Gasteiger partial charge in [0.25, 0.3) is 0 Å². The Balaban J connectivity index is 2.16. The highest BCUT2D eigenvalue weighted by molar-refractivity contribution is 5.76. The van der Waals surface area contributed by atoms with Crippen molar-refractivity contribution < 1.29 is 14.3 Å². The molecular weight excluding hydrogens is 332 g/mol. The fourth-order valence-corrected chi connectivity index (χ4v) is 2.25. The van der Waals surface area contributed by atoms with Crippen molar-refractivity contribution in [3.63, 3.8) is 0 Å². The molecule has 0 atom stereocenters. The van der Waals surface area contributed by atoms with Crippen LogP contribution in [0, 0.1) is 12.3 Å². The molecule has 0 bridgehead atoms. The third-order valence-corrected chi connectivity index (χ3v) is 3.94. The lowest BCUT2D eigenvalue weighted by molar-refractivity contribution is -0.152. The monoisotopic (exact) mass is 356 g/mol. The summed E-state index contributed by atoms with van der Waals surface area (Å²) < 4.78 is 10.4. The minimum atomic E-state index is -0.751. The SMILES string of the molecule is C/C=C(\N)c1ncc(-c2cnc(OCC(C)(C)C(=O)OC)cc2C)cn1. The number of aromatic nitrogens is 3. The lowest BCUT2D eigenvalue weighted by atomic mass is 9.95. The van der Waals surface area contributed by atoms with E-state index in [0.717, 1.165) is 16.7 Å². The average Bonchev–Trinajstić information content (AvgIpc) is 2.65. The molecule has 0 aliphatic carbocycles. The molecule has 0 radical (unpaired) electrons. The average molecular weight is 356 g/mol. The molecule has 0 aromatic carbocycles. The van der Waals surface area contributed by atoms with E-state index in [4.69, 9.17) is 15.2 Å². The summed E-state index contributed by atoms with van der Waals surface area (Å²) in [5.41, 5.74) is 8.28. The van der Waals surface area contributed by atoms with Crippen LogP contribution in [0.4, 0.5) is 0 Å². The van der Waals surface area contributed by atoms with Crippen molar-refractivity contribution in [3.05, 3.63) is 42.1 Å². The van der Waals surface area contributed by atoms with Crippen LogP contribution in [-0.4, -0.2) is 34.6 Å². The summed E-state index contributed by atoms with van der Waals surface area (Å²) in [5.74, 6) is 0.606. The molecule has 2 rings (SSSR count). The number of allylic oxidation sites excluding steroid dienone is 1. The molecule has 0 fully saturated rings. The highest BCUT2D eigenvalue weighted by Crippen LogP contribution is 2.25. The second-order valence-corrected chi connectivity index (χ2v) is 6.54. The Hall–Kier alpha value is -2.96. The summed E-state index contributed by atoms with van der Waals surface area (Å²) in [4.78, 5) is 24.6. The van der Waals surface area contributed by atoms with Gasteiger partial charge < -0.3 is 15.2 Å². The number of rotatable bonds is 6. The minimum Gasteiger partial charge on any atom is -0.476 e. The van der Waals surface area contributed by atoms with Crippen molar-refractivity contribution in [2.24, 2.45) is 11.1 Å². The first-order chi connectivity index (χ1) is 12.3. The Kier molecular flexibility index (Phi) is 5.92. The van der Waals surface area contributed by atoms with Crippen LogP contribution in [0.5, 0.6) is 5.88 Å². The van der Waals surface area contributed by atoms with Crippen LogP contribution in [0.3, 0.4) is 0 Å². The van der Waals surface area contributed by atoms with E-state index < -0.39 is 5.41 Å². The summed E-state index contributed by atoms with van der Waals surface area (Å²) in [6.45, 7) is 7.47. The topological polar surface area (TPSA) is 100 Å². The van der Waals surface area contributed by atoms with Crippen LogP contribution in [0.2, 0.25) is 0 Å². The molecule has 0 saturated heterocycles. The molecule has 2 aromatic heterocycles. The lowest BCUT2D eigenvalue weighted by Crippen LogP contribution is -2.32. The molecule has 0 aliphatic rings. The zero-order valence-electron chi connectivity index (χ0n) is 15.7. The number of pyridine rings is 1. The van der Waals surface area contributed by atoms with Crippen LogP contribution < -0.4 is 10.5 Å². The molecule has 138 valence electrons.